The van der Waals surface area contributed by atoms with Crippen molar-refractivity contribution >= 4 is 17.5 Å². The molecule has 124 valence electrons. The van der Waals surface area contributed by atoms with Crippen molar-refractivity contribution in [3.63, 3.8) is 0 Å². The van der Waals surface area contributed by atoms with Gasteiger partial charge in [0.1, 0.15) is 0 Å². The van der Waals surface area contributed by atoms with Crippen molar-refractivity contribution in [1.29, 1.82) is 0 Å². The molecule has 1 unspecified atom stereocenters. The number of nitrogens with zero attached hydrogens (tertiary/aromatic N) is 1. The molecule has 0 fully saturated rings. The number of carbonyl (C=O) groups is 1. The summed E-state index contributed by atoms with van der Waals surface area (Å²) in [7, 11) is 4.05. The van der Waals surface area contributed by atoms with Crippen LogP contribution in [0.15, 0.2) is 24.3 Å². The van der Waals surface area contributed by atoms with Crippen molar-refractivity contribution in [2.45, 2.75) is 45.6 Å². The Bertz CT molecular complexity index is 480. The maximum Gasteiger partial charge on any atom is 0.220 e. The van der Waals surface area contributed by atoms with Crippen LogP contribution in [0, 0.1) is 5.92 Å². The van der Waals surface area contributed by atoms with E-state index < -0.39 is 0 Å². The lowest BCUT2D eigenvalue weighted by atomic mass is 9.85. The summed E-state index contributed by atoms with van der Waals surface area (Å²) >= 11 is 5.95. The first-order chi connectivity index (χ1) is 10.1. The van der Waals surface area contributed by atoms with E-state index in [9.17, 15) is 4.79 Å². The van der Waals surface area contributed by atoms with Gasteiger partial charge >= 0.3 is 0 Å². The number of likely N-dealkylation sites (N-methyl/N-ethyl adjacent to an activating group) is 1. The highest BCUT2D eigenvalue weighted by Crippen LogP contribution is 2.28. The predicted octanol–water partition coefficient (Wildman–Crippen LogP) is 3.93. The average Bonchev–Trinajstić information content (AvgIpc) is 2.43. The van der Waals surface area contributed by atoms with Gasteiger partial charge in [-0.15, -0.1) is 0 Å². The zero-order chi connectivity index (χ0) is 16.9. The maximum atomic E-state index is 12.3. The van der Waals surface area contributed by atoms with Crippen LogP contribution in [-0.2, 0) is 4.79 Å². The standard InChI is InChI=1S/C18H29ClN2O/c1-13(2)16(14-7-9-15(19)10-8-14)11-17(22)20-12-18(3,4)21(5)6/h7-10,13,16H,11-12H2,1-6H3,(H,20,22). The predicted molar refractivity (Wildman–Crippen MR) is 94.4 cm³/mol. The normalized spacial score (nSPS) is 13.5. The number of carbonyl (C=O) groups excluding carboxylic acids is 1. The number of halogens is 1. The van der Waals surface area contributed by atoms with Crippen molar-refractivity contribution in [3.05, 3.63) is 34.9 Å². The molecule has 0 aromatic heterocycles. The third kappa shape index (κ3) is 5.62. The third-order valence-corrected chi connectivity index (χ3v) is 4.69. The minimum absolute atomic E-state index is 0.0523. The number of amides is 1. The summed E-state index contributed by atoms with van der Waals surface area (Å²) in [5.74, 6) is 0.706. The van der Waals surface area contributed by atoms with Crippen LogP contribution >= 0.6 is 11.6 Å². The lowest BCUT2D eigenvalue weighted by molar-refractivity contribution is -0.122. The Morgan fingerprint density at radius 2 is 1.77 bits per heavy atom. The molecule has 0 heterocycles. The smallest absolute Gasteiger partial charge is 0.220 e. The summed E-state index contributed by atoms with van der Waals surface area (Å²) in [5, 5.41) is 3.79. The number of nitrogens with one attached hydrogen (secondary N) is 1. The van der Waals surface area contributed by atoms with Gasteiger partial charge in [-0.05, 0) is 57.5 Å². The quantitative estimate of drug-likeness (QED) is 0.824. The van der Waals surface area contributed by atoms with E-state index in [4.69, 9.17) is 11.6 Å². The molecule has 0 bridgehead atoms. The van der Waals surface area contributed by atoms with Crippen LogP contribution in [0.4, 0.5) is 0 Å². The number of benzene rings is 1. The molecular weight excluding hydrogens is 296 g/mol. The van der Waals surface area contributed by atoms with E-state index >= 15 is 0 Å². The Morgan fingerprint density at radius 1 is 1.23 bits per heavy atom. The van der Waals surface area contributed by atoms with E-state index in [0.717, 1.165) is 5.02 Å². The average molecular weight is 325 g/mol. The molecule has 4 heteroatoms. The summed E-state index contributed by atoms with van der Waals surface area (Å²) in [4.78, 5) is 14.4. The Balaban J connectivity index is 2.68. The lowest BCUT2D eigenvalue weighted by Crippen LogP contribution is -2.48. The van der Waals surface area contributed by atoms with Crippen LogP contribution in [0.3, 0.4) is 0 Å². The van der Waals surface area contributed by atoms with Crippen LogP contribution < -0.4 is 5.32 Å². The minimum Gasteiger partial charge on any atom is -0.354 e. The maximum absolute atomic E-state index is 12.3. The number of hydrogen-bond donors (Lipinski definition) is 1. The molecule has 0 aliphatic rings. The van der Waals surface area contributed by atoms with Crippen LogP contribution in [0.1, 0.15) is 45.6 Å². The molecule has 22 heavy (non-hydrogen) atoms. The second-order valence-corrected chi connectivity index (χ2v) is 7.53. The van der Waals surface area contributed by atoms with Gasteiger partial charge in [0, 0.05) is 23.5 Å². The second kappa shape index (κ2) is 7.98. The Labute approximate surface area is 140 Å². The van der Waals surface area contributed by atoms with Crippen molar-refractivity contribution in [2.75, 3.05) is 20.6 Å². The van der Waals surface area contributed by atoms with Crippen LogP contribution in [0.25, 0.3) is 0 Å². The summed E-state index contributed by atoms with van der Waals surface area (Å²) in [6.45, 7) is 9.18. The highest BCUT2D eigenvalue weighted by atomic mass is 35.5. The van der Waals surface area contributed by atoms with Gasteiger partial charge < -0.3 is 10.2 Å². The van der Waals surface area contributed by atoms with E-state index in [2.05, 4.69) is 37.9 Å². The molecular formula is C18H29ClN2O. The molecule has 1 aromatic carbocycles. The first kappa shape index (κ1) is 19.0. The van der Waals surface area contributed by atoms with Gasteiger partial charge in [0.05, 0.1) is 0 Å². The summed E-state index contributed by atoms with van der Waals surface area (Å²) in [5.41, 5.74) is 1.12. The fourth-order valence-corrected chi connectivity index (χ4v) is 2.32. The third-order valence-electron chi connectivity index (χ3n) is 4.44. The lowest BCUT2D eigenvalue weighted by Gasteiger charge is -2.33. The van der Waals surface area contributed by atoms with Crippen molar-refractivity contribution in [1.82, 2.24) is 10.2 Å². The summed E-state index contributed by atoms with van der Waals surface area (Å²) in [6.07, 6.45) is 0.503. The molecule has 0 saturated carbocycles. The van der Waals surface area contributed by atoms with E-state index in [1.807, 2.05) is 38.4 Å². The topological polar surface area (TPSA) is 32.3 Å². The van der Waals surface area contributed by atoms with Gasteiger partial charge in [0.2, 0.25) is 5.91 Å². The molecule has 1 rings (SSSR count). The van der Waals surface area contributed by atoms with Crippen LogP contribution in [0.5, 0.6) is 0 Å². The Morgan fingerprint density at radius 3 is 2.23 bits per heavy atom. The molecule has 1 amide bonds. The molecule has 0 radical (unpaired) electrons. The van der Waals surface area contributed by atoms with Crippen LogP contribution in [-0.4, -0.2) is 37.0 Å². The Hall–Kier alpha value is -1.06. The van der Waals surface area contributed by atoms with Gasteiger partial charge in [-0.2, -0.15) is 0 Å². The minimum atomic E-state index is -0.0523. The van der Waals surface area contributed by atoms with E-state index in [1.54, 1.807) is 0 Å². The molecule has 0 saturated heterocycles. The molecule has 1 atom stereocenters. The summed E-state index contributed by atoms with van der Waals surface area (Å²) < 4.78 is 0. The number of rotatable bonds is 7. The number of hydrogen-bond acceptors (Lipinski definition) is 2. The second-order valence-electron chi connectivity index (χ2n) is 7.09. The van der Waals surface area contributed by atoms with Gasteiger partial charge in [-0.25, -0.2) is 0 Å². The molecule has 0 aliphatic heterocycles. The van der Waals surface area contributed by atoms with Crippen LogP contribution in [0.2, 0.25) is 5.02 Å². The SMILES string of the molecule is CC(C)C(CC(=O)NCC(C)(C)N(C)C)c1ccc(Cl)cc1. The van der Waals surface area contributed by atoms with E-state index in [1.165, 1.54) is 5.56 Å². The molecule has 3 nitrogen and oxygen atoms in total. The summed E-state index contributed by atoms with van der Waals surface area (Å²) in [6, 6.07) is 7.81. The van der Waals surface area contributed by atoms with Crippen molar-refractivity contribution in [2.24, 2.45) is 5.92 Å². The fourth-order valence-electron chi connectivity index (χ4n) is 2.19. The highest BCUT2D eigenvalue weighted by molar-refractivity contribution is 6.30. The highest BCUT2D eigenvalue weighted by Gasteiger charge is 2.23. The first-order valence-corrected chi connectivity index (χ1v) is 8.21. The molecule has 1 N–H and O–H groups in total. The van der Waals surface area contributed by atoms with Gasteiger partial charge in [0.25, 0.3) is 0 Å². The van der Waals surface area contributed by atoms with Gasteiger partial charge in [-0.3, -0.25) is 4.79 Å². The fraction of sp³-hybridized carbons (Fsp3) is 0.611. The van der Waals surface area contributed by atoms with Gasteiger partial charge in [0.15, 0.2) is 0 Å². The van der Waals surface area contributed by atoms with E-state index in [-0.39, 0.29) is 17.4 Å². The zero-order valence-corrected chi connectivity index (χ0v) is 15.4. The monoisotopic (exact) mass is 324 g/mol. The molecule has 0 spiro atoms. The Kier molecular flexibility index (Phi) is 6.89. The van der Waals surface area contributed by atoms with Crippen molar-refractivity contribution < 1.29 is 4.79 Å². The van der Waals surface area contributed by atoms with Crippen molar-refractivity contribution in [3.8, 4) is 0 Å². The zero-order valence-electron chi connectivity index (χ0n) is 14.6. The molecule has 0 aliphatic carbocycles. The molecule has 1 aromatic rings. The van der Waals surface area contributed by atoms with Gasteiger partial charge in [-0.1, -0.05) is 37.6 Å². The largest absolute Gasteiger partial charge is 0.354 e. The van der Waals surface area contributed by atoms with E-state index in [0.29, 0.717) is 18.9 Å². The first-order valence-electron chi connectivity index (χ1n) is 7.83.